The molecule has 20 heavy (non-hydrogen) atoms. The second-order valence-corrected chi connectivity index (χ2v) is 5.43. The molecule has 0 saturated carbocycles. The van der Waals surface area contributed by atoms with E-state index < -0.39 is 0 Å². The van der Waals surface area contributed by atoms with Crippen LogP contribution >= 0.6 is 0 Å². The molecule has 0 bridgehead atoms. The number of likely N-dealkylation sites (tertiary alicyclic amines) is 1. The average Bonchev–Trinajstić information content (AvgIpc) is 2.84. The van der Waals surface area contributed by atoms with E-state index in [-0.39, 0.29) is 0 Å². The zero-order chi connectivity index (χ0) is 14.4. The first-order chi connectivity index (χ1) is 9.70. The molecule has 0 spiro atoms. The van der Waals surface area contributed by atoms with Crippen LogP contribution in [0.3, 0.4) is 0 Å². The Labute approximate surface area is 121 Å². The van der Waals surface area contributed by atoms with Crippen LogP contribution in [0.1, 0.15) is 30.9 Å². The smallest absolute Gasteiger partial charge is 0.222 e. The molecule has 2 rings (SSSR count). The summed E-state index contributed by atoms with van der Waals surface area (Å²) in [6.07, 6.45) is 1.71. The maximum atomic E-state index is 11.6. The van der Waals surface area contributed by atoms with Gasteiger partial charge in [-0.15, -0.1) is 0 Å². The van der Waals surface area contributed by atoms with Crippen LogP contribution < -0.4 is 5.32 Å². The van der Waals surface area contributed by atoms with Gasteiger partial charge in [0.15, 0.2) is 0 Å². The van der Waals surface area contributed by atoms with Gasteiger partial charge in [-0.25, -0.2) is 0 Å². The monoisotopic (exact) mass is 276 g/mol. The lowest BCUT2D eigenvalue weighted by molar-refractivity contribution is -0.127. The number of hydrogen-bond acceptors (Lipinski definition) is 3. The maximum Gasteiger partial charge on any atom is 0.222 e. The zero-order valence-corrected chi connectivity index (χ0v) is 12.4. The van der Waals surface area contributed by atoms with Crippen molar-refractivity contribution < 1.29 is 9.53 Å². The van der Waals surface area contributed by atoms with Crippen molar-refractivity contribution in [3.8, 4) is 0 Å². The Balaban J connectivity index is 1.83. The van der Waals surface area contributed by atoms with Crippen LogP contribution in [0.25, 0.3) is 0 Å². The van der Waals surface area contributed by atoms with E-state index in [0.717, 1.165) is 26.1 Å². The fourth-order valence-corrected chi connectivity index (χ4v) is 2.60. The van der Waals surface area contributed by atoms with Crippen molar-refractivity contribution in [3.05, 3.63) is 35.4 Å². The SMILES string of the molecule is COCc1ccccc1CNC(C)CN1CCCC1=O. The number of carbonyl (C=O) groups is 1. The Morgan fingerprint density at radius 1 is 1.35 bits per heavy atom. The fourth-order valence-electron chi connectivity index (χ4n) is 2.60. The van der Waals surface area contributed by atoms with Crippen molar-refractivity contribution in [2.45, 2.75) is 39.0 Å². The Morgan fingerprint density at radius 3 is 2.75 bits per heavy atom. The Morgan fingerprint density at radius 2 is 2.10 bits per heavy atom. The molecular formula is C16H24N2O2. The molecule has 1 saturated heterocycles. The van der Waals surface area contributed by atoms with Gasteiger partial charge in [0.25, 0.3) is 0 Å². The van der Waals surface area contributed by atoms with Crippen molar-refractivity contribution in [1.82, 2.24) is 10.2 Å². The van der Waals surface area contributed by atoms with E-state index >= 15 is 0 Å². The molecular weight excluding hydrogens is 252 g/mol. The van der Waals surface area contributed by atoms with Crippen molar-refractivity contribution in [1.29, 1.82) is 0 Å². The predicted octanol–water partition coefficient (Wildman–Crippen LogP) is 1.93. The van der Waals surface area contributed by atoms with Gasteiger partial charge >= 0.3 is 0 Å². The van der Waals surface area contributed by atoms with Gasteiger partial charge in [-0.05, 0) is 24.5 Å². The van der Waals surface area contributed by atoms with Gasteiger partial charge in [0.2, 0.25) is 5.91 Å². The quantitative estimate of drug-likeness (QED) is 0.827. The molecule has 0 radical (unpaired) electrons. The van der Waals surface area contributed by atoms with Gasteiger partial charge in [-0.1, -0.05) is 24.3 Å². The number of carbonyl (C=O) groups excluding carboxylic acids is 1. The van der Waals surface area contributed by atoms with E-state index in [2.05, 4.69) is 24.4 Å². The summed E-state index contributed by atoms with van der Waals surface area (Å²) in [7, 11) is 1.71. The number of benzene rings is 1. The van der Waals surface area contributed by atoms with E-state index in [0.29, 0.717) is 25.0 Å². The van der Waals surface area contributed by atoms with Gasteiger partial charge in [0.05, 0.1) is 6.61 Å². The standard InChI is InChI=1S/C16H24N2O2/c1-13(11-18-9-5-8-16(18)19)17-10-14-6-3-4-7-15(14)12-20-2/h3-4,6-7,13,17H,5,8-12H2,1-2H3. The number of nitrogens with one attached hydrogen (secondary N) is 1. The van der Waals surface area contributed by atoms with Gasteiger partial charge in [-0.2, -0.15) is 0 Å². The molecule has 4 heteroatoms. The topological polar surface area (TPSA) is 41.6 Å². The van der Waals surface area contributed by atoms with Crippen LogP contribution in [0.2, 0.25) is 0 Å². The molecule has 1 aromatic carbocycles. The molecule has 0 aromatic heterocycles. The third-order valence-electron chi connectivity index (χ3n) is 3.72. The summed E-state index contributed by atoms with van der Waals surface area (Å²) in [5, 5.41) is 3.50. The van der Waals surface area contributed by atoms with E-state index in [1.54, 1.807) is 7.11 Å². The second kappa shape index (κ2) is 7.41. The van der Waals surface area contributed by atoms with Gasteiger partial charge in [0, 0.05) is 39.2 Å². The lowest BCUT2D eigenvalue weighted by Crippen LogP contribution is -2.39. The number of amides is 1. The summed E-state index contributed by atoms with van der Waals surface area (Å²) < 4.78 is 5.22. The minimum atomic E-state index is 0.290. The van der Waals surface area contributed by atoms with Gasteiger partial charge in [-0.3, -0.25) is 4.79 Å². The first-order valence-electron chi connectivity index (χ1n) is 7.27. The molecule has 1 aromatic rings. The van der Waals surface area contributed by atoms with Crippen LogP contribution in [0.15, 0.2) is 24.3 Å². The lowest BCUT2D eigenvalue weighted by atomic mass is 10.1. The fraction of sp³-hybridized carbons (Fsp3) is 0.562. The summed E-state index contributed by atoms with van der Waals surface area (Å²) in [6, 6.07) is 8.59. The molecule has 1 atom stereocenters. The molecule has 1 amide bonds. The van der Waals surface area contributed by atoms with Crippen molar-refractivity contribution in [3.63, 3.8) is 0 Å². The largest absolute Gasteiger partial charge is 0.380 e. The molecule has 1 aliphatic heterocycles. The first kappa shape index (κ1) is 15.0. The first-order valence-corrected chi connectivity index (χ1v) is 7.27. The maximum absolute atomic E-state index is 11.6. The second-order valence-electron chi connectivity index (χ2n) is 5.43. The van der Waals surface area contributed by atoms with E-state index in [9.17, 15) is 4.79 Å². The average molecular weight is 276 g/mol. The normalized spacial score (nSPS) is 16.7. The van der Waals surface area contributed by atoms with Crippen LogP contribution in [0.4, 0.5) is 0 Å². The van der Waals surface area contributed by atoms with Crippen LogP contribution in [0.5, 0.6) is 0 Å². The van der Waals surface area contributed by atoms with Crippen LogP contribution in [0, 0.1) is 0 Å². The van der Waals surface area contributed by atoms with E-state index in [4.69, 9.17) is 4.74 Å². The highest BCUT2D eigenvalue weighted by molar-refractivity contribution is 5.78. The molecule has 1 unspecified atom stereocenters. The number of ether oxygens (including phenoxy) is 1. The van der Waals surface area contributed by atoms with E-state index in [1.165, 1.54) is 11.1 Å². The van der Waals surface area contributed by atoms with Crippen molar-refractivity contribution in [2.75, 3.05) is 20.2 Å². The molecule has 1 heterocycles. The van der Waals surface area contributed by atoms with Crippen LogP contribution in [-0.2, 0) is 22.7 Å². The molecule has 0 aliphatic carbocycles. The van der Waals surface area contributed by atoms with Crippen molar-refractivity contribution in [2.24, 2.45) is 0 Å². The number of hydrogen-bond donors (Lipinski definition) is 1. The Bertz CT molecular complexity index is 448. The third kappa shape index (κ3) is 4.05. The third-order valence-corrected chi connectivity index (χ3v) is 3.72. The number of rotatable bonds is 7. The Hall–Kier alpha value is -1.39. The molecule has 1 N–H and O–H groups in total. The summed E-state index contributed by atoms with van der Waals surface area (Å²) in [5.41, 5.74) is 2.47. The number of methoxy groups -OCH3 is 1. The highest BCUT2D eigenvalue weighted by atomic mass is 16.5. The predicted molar refractivity (Wildman–Crippen MR) is 79.3 cm³/mol. The summed E-state index contributed by atoms with van der Waals surface area (Å²) in [4.78, 5) is 13.6. The minimum absolute atomic E-state index is 0.290. The van der Waals surface area contributed by atoms with E-state index in [1.807, 2.05) is 17.0 Å². The van der Waals surface area contributed by atoms with Gasteiger partial charge in [0.1, 0.15) is 0 Å². The summed E-state index contributed by atoms with van der Waals surface area (Å²) >= 11 is 0. The number of nitrogens with zero attached hydrogens (tertiary/aromatic N) is 1. The summed E-state index contributed by atoms with van der Waals surface area (Å²) in [5.74, 6) is 0.290. The summed E-state index contributed by atoms with van der Waals surface area (Å²) in [6.45, 7) is 5.28. The Kier molecular flexibility index (Phi) is 5.56. The van der Waals surface area contributed by atoms with Gasteiger partial charge < -0.3 is 15.0 Å². The highest BCUT2D eigenvalue weighted by Gasteiger charge is 2.21. The molecule has 1 aliphatic rings. The lowest BCUT2D eigenvalue weighted by Gasteiger charge is -2.22. The minimum Gasteiger partial charge on any atom is -0.380 e. The molecule has 1 fully saturated rings. The molecule has 110 valence electrons. The van der Waals surface area contributed by atoms with Crippen molar-refractivity contribution >= 4 is 5.91 Å². The highest BCUT2D eigenvalue weighted by Crippen LogP contribution is 2.12. The molecule has 4 nitrogen and oxygen atoms in total. The van der Waals surface area contributed by atoms with Crippen LogP contribution in [-0.4, -0.2) is 37.0 Å². The zero-order valence-electron chi connectivity index (χ0n) is 12.4.